The molecule has 0 radical (unpaired) electrons. The fourth-order valence-electron chi connectivity index (χ4n) is 7.23. The number of likely N-dealkylation sites (tertiary alicyclic amines) is 1. The monoisotopic (exact) mass is 748 g/mol. The van der Waals surface area contributed by atoms with Crippen LogP contribution in [-0.4, -0.2) is 72.9 Å². The first-order chi connectivity index (χ1) is 25.0. The molecule has 1 aliphatic carbocycles. The molecule has 2 aliphatic rings. The summed E-state index contributed by atoms with van der Waals surface area (Å²) in [7, 11) is -3.76. The maximum Gasteiger partial charge on any atom is 0.266 e. The molecular weight excluding hydrogens is 704 g/mol. The van der Waals surface area contributed by atoms with Crippen molar-refractivity contribution in [3.05, 3.63) is 101 Å². The topological polar surface area (TPSA) is 148 Å². The summed E-state index contributed by atoms with van der Waals surface area (Å²) in [6.07, 6.45) is 7.32. The van der Waals surface area contributed by atoms with Gasteiger partial charge in [0.15, 0.2) is 5.58 Å². The third-order valence-corrected chi connectivity index (χ3v) is 10.9. The van der Waals surface area contributed by atoms with Crippen LogP contribution < -0.4 is 10.0 Å². The first-order valence-corrected chi connectivity index (χ1v) is 20.2. The second kappa shape index (κ2) is 17.2. The Labute approximate surface area is 309 Å². The number of hydrogen-bond donors (Lipinski definition) is 2. The number of nitrogens with zero attached hydrogens (tertiary/aromatic N) is 2. The van der Waals surface area contributed by atoms with Gasteiger partial charge in [-0.25, -0.2) is 18.1 Å². The van der Waals surface area contributed by atoms with E-state index in [0.717, 1.165) is 43.1 Å². The maximum absolute atomic E-state index is 14.4. The Morgan fingerprint density at radius 1 is 0.942 bits per heavy atom. The molecule has 2 amide bonds. The Morgan fingerprint density at radius 3 is 2.37 bits per heavy atom. The Hall–Kier alpha value is -4.10. The van der Waals surface area contributed by atoms with Gasteiger partial charge in [0.25, 0.3) is 5.89 Å². The van der Waals surface area contributed by atoms with Gasteiger partial charge in [-0.1, -0.05) is 98.3 Å². The number of oxazole rings is 1. The predicted octanol–water partition coefficient (Wildman–Crippen LogP) is 5.86. The molecule has 2 N–H and O–H groups in total. The van der Waals surface area contributed by atoms with E-state index in [4.69, 9.17) is 20.8 Å². The first-order valence-electron chi connectivity index (χ1n) is 17.9. The highest BCUT2D eigenvalue weighted by Gasteiger charge is 2.44. The summed E-state index contributed by atoms with van der Waals surface area (Å²) in [5.41, 5.74) is 2.63. The van der Waals surface area contributed by atoms with Crippen molar-refractivity contribution in [1.29, 1.82) is 0 Å². The number of rotatable bonds is 15. The van der Waals surface area contributed by atoms with Crippen molar-refractivity contribution < 1.29 is 32.0 Å². The fraction of sp³-hybridized carbons (Fsp3) is 0.436. The quantitative estimate of drug-likeness (QED) is 0.144. The summed E-state index contributed by atoms with van der Waals surface area (Å²) in [6, 6.07) is 20.4. The zero-order valence-electron chi connectivity index (χ0n) is 29.2. The largest absolute Gasteiger partial charge is 0.434 e. The number of ether oxygens (including phenoxy) is 1. The molecule has 1 saturated heterocycles. The van der Waals surface area contributed by atoms with Crippen LogP contribution in [0.15, 0.2) is 83.3 Å². The first kappa shape index (κ1) is 37.7. The molecule has 13 heteroatoms. The number of ketones is 1. The number of amides is 2. The van der Waals surface area contributed by atoms with Crippen molar-refractivity contribution in [2.24, 2.45) is 5.92 Å². The van der Waals surface area contributed by atoms with Crippen molar-refractivity contribution in [3.63, 3.8) is 0 Å². The third-order valence-electron chi connectivity index (χ3n) is 9.91. The number of hydrogen-bond acceptors (Lipinski definition) is 8. The molecule has 1 aromatic heterocycles. The normalized spacial score (nSPS) is 19.4. The van der Waals surface area contributed by atoms with Crippen molar-refractivity contribution in [2.45, 2.75) is 88.6 Å². The molecule has 0 bridgehead atoms. The van der Waals surface area contributed by atoms with Crippen LogP contribution in [0.2, 0.25) is 5.02 Å². The van der Waals surface area contributed by atoms with Crippen molar-refractivity contribution in [1.82, 2.24) is 19.9 Å². The average Bonchev–Trinajstić information content (AvgIpc) is 3.78. The molecule has 3 aromatic carbocycles. The summed E-state index contributed by atoms with van der Waals surface area (Å²) < 4.78 is 39.6. The maximum atomic E-state index is 14.4. The molecule has 0 unspecified atom stereocenters. The molecular formula is C39H45ClN4O7S. The van der Waals surface area contributed by atoms with Crippen LogP contribution >= 0.6 is 11.6 Å². The molecule has 0 spiro atoms. The molecule has 2 heterocycles. The van der Waals surface area contributed by atoms with Gasteiger partial charge in [0, 0.05) is 24.4 Å². The van der Waals surface area contributed by atoms with E-state index in [0.29, 0.717) is 34.9 Å². The lowest BCUT2D eigenvalue weighted by molar-refractivity contribution is -0.140. The zero-order valence-corrected chi connectivity index (χ0v) is 30.8. The van der Waals surface area contributed by atoms with E-state index < -0.39 is 51.9 Å². The van der Waals surface area contributed by atoms with Crippen LogP contribution in [0.4, 0.5) is 0 Å². The highest BCUT2D eigenvalue weighted by Crippen LogP contribution is 2.30. The van der Waals surface area contributed by atoms with E-state index in [1.807, 2.05) is 42.5 Å². The fourth-order valence-corrected chi connectivity index (χ4v) is 8.09. The van der Waals surface area contributed by atoms with Crippen molar-refractivity contribution in [3.8, 4) is 0 Å². The van der Waals surface area contributed by atoms with E-state index in [9.17, 15) is 22.8 Å². The molecule has 6 rings (SSSR count). The number of sulfonamides is 1. The van der Waals surface area contributed by atoms with Gasteiger partial charge in [0.2, 0.25) is 27.6 Å². The number of halogens is 1. The lowest BCUT2D eigenvalue weighted by atomic mass is 9.85. The smallest absolute Gasteiger partial charge is 0.266 e. The highest BCUT2D eigenvalue weighted by atomic mass is 35.5. The lowest BCUT2D eigenvalue weighted by Crippen LogP contribution is -2.55. The highest BCUT2D eigenvalue weighted by molar-refractivity contribution is 7.88. The number of carbonyl (C=O) groups excluding carboxylic acids is 3. The van der Waals surface area contributed by atoms with Gasteiger partial charge in [0.1, 0.15) is 23.6 Å². The molecule has 1 saturated carbocycles. The molecule has 4 atom stereocenters. The molecule has 2 fully saturated rings. The number of nitrogens with one attached hydrogen (secondary N) is 2. The van der Waals surface area contributed by atoms with Gasteiger partial charge < -0.3 is 19.4 Å². The van der Waals surface area contributed by atoms with Gasteiger partial charge in [-0.3, -0.25) is 14.4 Å². The van der Waals surface area contributed by atoms with E-state index in [-0.39, 0.29) is 31.9 Å². The summed E-state index contributed by atoms with van der Waals surface area (Å²) in [4.78, 5) is 48.4. The Bertz CT molecular complexity index is 1910. The molecule has 4 aromatic rings. The Morgan fingerprint density at radius 2 is 1.65 bits per heavy atom. The predicted molar refractivity (Wildman–Crippen MR) is 198 cm³/mol. The molecule has 52 heavy (non-hydrogen) atoms. The number of benzene rings is 3. The summed E-state index contributed by atoms with van der Waals surface area (Å²) >= 11 is 6.06. The Kier molecular flexibility index (Phi) is 12.4. The van der Waals surface area contributed by atoms with Gasteiger partial charge >= 0.3 is 0 Å². The third kappa shape index (κ3) is 10.1. The van der Waals surface area contributed by atoms with Crippen LogP contribution in [0.5, 0.6) is 0 Å². The van der Waals surface area contributed by atoms with E-state index in [1.54, 1.807) is 36.4 Å². The van der Waals surface area contributed by atoms with E-state index >= 15 is 0 Å². The second-order valence-corrected chi connectivity index (χ2v) is 16.1. The van der Waals surface area contributed by atoms with E-state index in [2.05, 4.69) is 15.0 Å². The van der Waals surface area contributed by atoms with Crippen LogP contribution in [0.25, 0.3) is 11.1 Å². The standard InChI is InChI=1S/C39H45ClN4O7S/c1-52(48,49)43-32(21-18-26-10-4-2-5-11-26)39(47)44-24-30(50-25-28-16-19-29(40)20-17-28)23-34(44)37(46)41-33(22-27-12-6-3-7-13-27)36(45)38-42-31-14-8-9-15-35(31)51-38/h3,6-9,12-17,19-20,26,30,32-34,43H,2,4-5,10-11,18,21-25H2,1H3,(H,41,46)/t30-,32-,33+,34+/m1/s1. The number of carbonyl (C=O) groups is 3. The van der Waals surface area contributed by atoms with Crippen LogP contribution in [-0.2, 0) is 37.4 Å². The molecule has 1 aliphatic heterocycles. The van der Waals surface area contributed by atoms with Crippen molar-refractivity contribution in [2.75, 3.05) is 12.8 Å². The second-order valence-electron chi connectivity index (χ2n) is 13.9. The SMILES string of the molecule is CS(=O)(=O)N[C@H](CCC1CCCCC1)C(=O)N1C[C@H](OCc2ccc(Cl)cc2)C[C@H]1C(=O)N[C@@H](Cc1ccccc1)C(=O)c1nc2ccccc2o1. The molecule has 11 nitrogen and oxygen atoms in total. The summed E-state index contributed by atoms with van der Waals surface area (Å²) in [5, 5.41) is 3.51. The van der Waals surface area contributed by atoms with Crippen LogP contribution in [0.3, 0.4) is 0 Å². The van der Waals surface area contributed by atoms with Gasteiger partial charge in [-0.2, -0.15) is 0 Å². The average molecular weight is 749 g/mol. The summed E-state index contributed by atoms with van der Waals surface area (Å²) in [5.74, 6) is -1.28. The zero-order chi connectivity index (χ0) is 36.7. The van der Waals surface area contributed by atoms with E-state index in [1.165, 1.54) is 11.3 Å². The minimum atomic E-state index is -3.76. The van der Waals surface area contributed by atoms with Crippen LogP contribution in [0.1, 0.15) is 73.2 Å². The van der Waals surface area contributed by atoms with Gasteiger partial charge in [-0.05, 0) is 54.2 Å². The Balaban J connectivity index is 1.25. The van der Waals surface area contributed by atoms with Crippen molar-refractivity contribution >= 4 is 50.3 Å². The van der Waals surface area contributed by atoms with Gasteiger partial charge in [-0.15, -0.1) is 0 Å². The minimum Gasteiger partial charge on any atom is -0.434 e. The summed E-state index contributed by atoms with van der Waals surface area (Å²) in [6.45, 7) is 0.288. The van der Waals surface area contributed by atoms with Crippen LogP contribution in [0, 0.1) is 5.92 Å². The number of aromatic nitrogens is 1. The number of fused-ring (bicyclic) bond motifs is 1. The lowest BCUT2D eigenvalue weighted by Gasteiger charge is -2.30. The minimum absolute atomic E-state index is 0.0678. The number of para-hydroxylation sites is 2. The molecule has 276 valence electrons. The van der Waals surface area contributed by atoms with Gasteiger partial charge in [0.05, 0.1) is 19.0 Å². The number of Topliss-reactive ketones (excluding diaryl/α,β-unsaturated/α-hetero) is 1.